The number of rotatable bonds is 8. The Labute approximate surface area is 160 Å². The zero-order valence-electron chi connectivity index (χ0n) is 15.7. The molecule has 0 fully saturated rings. The molecule has 6 nitrogen and oxygen atoms in total. The van der Waals surface area contributed by atoms with Crippen LogP contribution in [0, 0.1) is 18.3 Å². The molecule has 0 bridgehead atoms. The van der Waals surface area contributed by atoms with Gasteiger partial charge in [-0.2, -0.15) is 5.26 Å². The first-order valence-electron chi connectivity index (χ1n) is 8.90. The van der Waals surface area contributed by atoms with Gasteiger partial charge in [0.05, 0.1) is 19.5 Å². The normalized spacial score (nSPS) is 11.3. The van der Waals surface area contributed by atoms with Crippen molar-refractivity contribution in [2.45, 2.75) is 13.3 Å². The summed E-state index contributed by atoms with van der Waals surface area (Å²) in [6.07, 6.45) is 0.258. The van der Waals surface area contributed by atoms with Crippen molar-refractivity contribution >= 4 is 23.2 Å². The molecule has 0 aromatic heterocycles. The Hall–Kier alpha value is -3.17. The maximum absolute atomic E-state index is 12.7. The lowest BCUT2D eigenvalue weighted by atomic mass is 10.2. The van der Waals surface area contributed by atoms with Crippen LogP contribution in [-0.4, -0.2) is 38.5 Å². The number of carbonyl (C=O) groups is 2. The van der Waals surface area contributed by atoms with Gasteiger partial charge >= 0.3 is 0 Å². The summed E-state index contributed by atoms with van der Waals surface area (Å²) in [6, 6.07) is 18.9. The molecule has 0 saturated carbocycles. The number of likely N-dealkylation sites (N-methyl/N-ethyl adjacent to an activating group) is 1. The summed E-state index contributed by atoms with van der Waals surface area (Å²) in [6.45, 7) is 2.67. The fourth-order valence-corrected chi connectivity index (χ4v) is 2.70. The minimum atomic E-state index is -0.146. The second-order valence-corrected chi connectivity index (χ2v) is 6.51. The topological polar surface area (TPSA) is 77.6 Å². The lowest BCUT2D eigenvalue weighted by molar-refractivity contribution is -0.862. The second kappa shape index (κ2) is 10.1. The smallest absolute Gasteiger partial charge is 0.282 e. The van der Waals surface area contributed by atoms with Crippen LogP contribution in [0.4, 0.5) is 11.4 Å². The van der Waals surface area contributed by atoms with Crippen LogP contribution < -0.4 is 15.1 Å². The molecule has 2 rings (SSSR count). The number of nitriles is 1. The molecule has 6 heteroatoms. The lowest BCUT2D eigenvalue weighted by Gasteiger charge is -2.23. The van der Waals surface area contributed by atoms with Gasteiger partial charge in [-0.05, 0) is 31.2 Å². The van der Waals surface area contributed by atoms with E-state index in [-0.39, 0.29) is 31.3 Å². The van der Waals surface area contributed by atoms with Crippen LogP contribution in [0.5, 0.6) is 0 Å². The Kier molecular flexibility index (Phi) is 7.53. The maximum Gasteiger partial charge on any atom is 0.282 e. The first kappa shape index (κ1) is 20.1. The largest absolute Gasteiger partial charge is 0.322 e. The molecule has 2 N–H and O–H groups in total. The molecule has 0 aliphatic heterocycles. The van der Waals surface area contributed by atoms with Gasteiger partial charge in [0.2, 0.25) is 0 Å². The Morgan fingerprint density at radius 2 is 1.74 bits per heavy atom. The van der Waals surface area contributed by atoms with Gasteiger partial charge in [0.1, 0.15) is 0 Å². The summed E-state index contributed by atoms with van der Waals surface area (Å²) >= 11 is 0. The van der Waals surface area contributed by atoms with Crippen LogP contribution in [0.15, 0.2) is 54.6 Å². The molecule has 2 aromatic carbocycles. The monoisotopic (exact) mass is 365 g/mol. The highest BCUT2D eigenvalue weighted by Gasteiger charge is 2.21. The Morgan fingerprint density at radius 1 is 1.07 bits per heavy atom. The van der Waals surface area contributed by atoms with Crippen LogP contribution >= 0.6 is 0 Å². The van der Waals surface area contributed by atoms with E-state index < -0.39 is 0 Å². The fourth-order valence-electron chi connectivity index (χ4n) is 2.70. The maximum atomic E-state index is 12.7. The number of quaternary nitrogens is 1. The van der Waals surface area contributed by atoms with E-state index in [1.807, 2.05) is 61.5 Å². The summed E-state index contributed by atoms with van der Waals surface area (Å²) in [5, 5.41) is 11.7. The van der Waals surface area contributed by atoms with Gasteiger partial charge in [0.15, 0.2) is 13.1 Å². The SMILES string of the molecule is Cc1ccc(NC(=O)C[NH+](C)CC(=O)N(CCC#N)c2ccccc2)cc1. The van der Waals surface area contributed by atoms with Crippen LogP contribution in [0.1, 0.15) is 12.0 Å². The molecule has 0 radical (unpaired) electrons. The van der Waals surface area contributed by atoms with E-state index in [4.69, 9.17) is 5.26 Å². The molecule has 1 atom stereocenters. The summed E-state index contributed by atoms with van der Waals surface area (Å²) in [5.74, 6) is -0.260. The van der Waals surface area contributed by atoms with Crippen molar-refractivity contribution in [2.75, 3.05) is 36.9 Å². The van der Waals surface area contributed by atoms with E-state index in [2.05, 4.69) is 11.4 Å². The number of anilines is 2. The van der Waals surface area contributed by atoms with Crippen molar-refractivity contribution in [3.05, 3.63) is 60.2 Å². The highest BCUT2D eigenvalue weighted by Crippen LogP contribution is 2.13. The van der Waals surface area contributed by atoms with Crippen molar-refractivity contribution in [2.24, 2.45) is 0 Å². The summed E-state index contributed by atoms with van der Waals surface area (Å²) in [5.41, 5.74) is 2.62. The molecule has 1 unspecified atom stereocenters. The zero-order chi connectivity index (χ0) is 19.6. The lowest BCUT2D eigenvalue weighted by Crippen LogP contribution is -3.11. The third-order valence-electron chi connectivity index (χ3n) is 4.07. The van der Waals surface area contributed by atoms with E-state index in [1.165, 1.54) is 0 Å². The van der Waals surface area contributed by atoms with Crippen LogP contribution in [0.2, 0.25) is 0 Å². The van der Waals surface area contributed by atoms with Crippen molar-refractivity contribution in [1.82, 2.24) is 0 Å². The first-order chi connectivity index (χ1) is 13.0. The average Bonchev–Trinajstić information content (AvgIpc) is 2.64. The molecule has 0 saturated heterocycles. The number of hydrogen-bond acceptors (Lipinski definition) is 3. The summed E-state index contributed by atoms with van der Waals surface area (Å²) in [4.78, 5) is 27.3. The standard InChI is InChI=1S/C21H24N4O2/c1-17-9-11-18(12-10-17)23-20(26)15-24(2)16-21(27)25(14-6-13-22)19-7-4-3-5-8-19/h3-5,7-12H,6,14-16H2,1-2H3,(H,23,26)/p+1. The van der Waals surface area contributed by atoms with E-state index in [9.17, 15) is 9.59 Å². The van der Waals surface area contributed by atoms with Crippen LogP contribution in [-0.2, 0) is 9.59 Å². The van der Waals surface area contributed by atoms with Crippen molar-refractivity contribution in [3.8, 4) is 6.07 Å². The van der Waals surface area contributed by atoms with Crippen LogP contribution in [0.25, 0.3) is 0 Å². The van der Waals surface area contributed by atoms with E-state index in [0.29, 0.717) is 6.54 Å². The molecule has 0 aliphatic rings. The highest BCUT2D eigenvalue weighted by atomic mass is 16.2. The summed E-state index contributed by atoms with van der Waals surface area (Å²) < 4.78 is 0. The third kappa shape index (κ3) is 6.57. The molecular weight excluding hydrogens is 340 g/mol. The number of amides is 2. The number of benzene rings is 2. The quantitative estimate of drug-likeness (QED) is 0.742. The van der Waals surface area contributed by atoms with Gasteiger partial charge in [-0.1, -0.05) is 35.9 Å². The molecule has 2 aromatic rings. The van der Waals surface area contributed by atoms with Gasteiger partial charge in [-0.25, -0.2) is 0 Å². The minimum absolute atomic E-state index is 0.114. The van der Waals surface area contributed by atoms with Crippen molar-refractivity contribution in [3.63, 3.8) is 0 Å². The predicted molar refractivity (Wildman–Crippen MR) is 105 cm³/mol. The molecular formula is C21H25N4O2+. The second-order valence-electron chi connectivity index (χ2n) is 6.51. The number of nitrogens with zero attached hydrogens (tertiary/aromatic N) is 2. The van der Waals surface area contributed by atoms with E-state index in [1.54, 1.807) is 11.9 Å². The van der Waals surface area contributed by atoms with Gasteiger partial charge < -0.3 is 15.1 Å². The Bertz CT molecular complexity index is 797. The molecule has 0 spiro atoms. The number of nitrogens with one attached hydrogen (secondary N) is 2. The van der Waals surface area contributed by atoms with E-state index >= 15 is 0 Å². The molecule has 0 heterocycles. The number of aryl methyl sites for hydroxylation is 1. The van der Waals surface area contributed by atoms with Gasteiger partial charge in [-0.3, -0.25) is 9.59 Å². The number of para-hydroxylation sites is 1. The first-order valence-corrected chi connectivity index (χ1v) is 8.90. The van der Waals surface area contributed by atoms with E-state index in [0.717, 1.165) is 21.8 Å². The minimum Gasteiger partial charge on any atom is -0.322 e. The highest BCUT2D eigenvalue weighted by molar-refractivity contribution is 5.94. The molecule has 2 amide bonds. The zero-order valence-corrected chi connectivity index (χ0v) is 15.7. The van der Waals surface area contributed by atoms with Crippen molar-refractivity contribution < 1.29 is 14.5 Å². The third-order valence-corrected chi connectivity index (χ3v) is 4.07. The molecule has 27 heavy (non-hydrogen) atoms. The Balaban J connectivity index is 1.92. The fraction of sp³-hybridized carbons (Fsp3) is 0.286. The predicted octanol–water partition coefficient (Wildman–Crippen LogP) is 1.40. The van der Waals surface area contributed by atoms with Gasteiger partial charge in [0.25, 0.3) is 11.8 Å². The summed E-state index contributed by atoms with van der Waals surface area (Å²) in [7, 11) is 1.81. The van der Waals surface area contributed by atoms with Crippen molar-refractivity contribution in [1.29, 1.82) is 5.26 Å². The average molecular weight is 365 g/mol. The number of hydrogen-bond donors (Lipinski definition) is 2. The Morgan fingerprint density at radius 3 is 2.37 bits per heavy atom. The van der Waals surface area contributed by atoms with Crippen LogP contribution in [0.3, 0.4) is 0 Å². The van der Waals surface area contributed by atoms with Gasteiger partial charge in [0, 0.05) is 17.9 Å². The molecule has 140 valence electrons. The number of carbonyl (C=O) groups excluding carboxylic acids is 2. The molecule has 0 aliphatic carbocycles. The van der Waals surface area contributed by atoms with Gasteiger partial charge in [-0.15, -0.1) is 0 Å².